The van der Waals surface area contributed by atoms with Crippen molar-refractivity contribution in [2.45, 2.75) is 44.9 Å². The van der Waals surface area contributed by atoms with Crippen molar-refractivity contribution < 1.29 is 0 Å². The zero-order valence-electron chi connectivity index (χ0n) is 33.0. The lowest BCUT2D eigenvalue weighted by Gasteiger charge is -2.27. The number of benzene rings is 7. The van der Waals surface area contributed by atoms with Gasteiger partial charge in [0, 0.05) is 28.4 Å². The van der Waals surface area contributed by atoms with Gasteiger partial charge in [-0.05, 0) is 133 Å². The second-order valence-corrected chi connectivity index (χ2v) is 16.6. The highest BCUT2D eigenvalue weighted by atomic mass is 15.1. The molecule has 0 spiro atoms. The first-order chi connectivity index (χ1) is 27.9. The average Bonchev–Trinajstić information content (AvgIpc) is 3.49. The molecule has 0 aromatic heterocycles. The van der Waals surface area contributed by atoms with Gasteiger partial charge < -0.3 is 4.90 Å². The molecular formula is C56H47N. The first-order valence-electron chi connectivity index (χ1n) is 20.5. The summed E-state index contributed by atoms with van der Waals surface area (Å²) in [4.78, 5) is 2.39. The van der Waals surface area contributed by atoms with Gasteiger partial charge in [0.15, 0.2) is 0 Å². The van der Waals surface area contributed by atoms with Crippen LogP contribution in [-0.2, 0) is 5.41 Å². The lowest BCUT2D eigenvalue weighted by Crippen LogP contribution is -2.15. The van der Waals surface area contributed by atoms with Crippen LogP contribution < -0.4 is 4.90 Å². The van der Waals surface area contributed by atoms with Gasteiger partial charge in [0.2, 0.25) is 0 Å². The Kier molecular flexibility index (Phi) is 8.75. The zero-order valence-corrected chi connectivity index (χ0v) is 33.0. The van der Waals surface area contributed by atoms with Gasteiger partial charge >= 0.3 is 0 Å². The maximum absolute atomic E-state index is 2.51. The van der Waals surface area contributed by atoms with Gasteiger partial charge in [-0.15, -0.1) is 0 Å². The molecule has 1 nitrogen and oxygen atoms in total. The Morgan fingerprint density at radius 2 is 1.21 bits per heavy atom. The number of hydrogen-bond donors (Lipinski definition) is 0. The summed E-state index contributed by atoms with van der Waals surface area (Å²) in [7, 11) is 0. The van der Waals surface area contributed by atoms with Crippen molar-refractivity contribution in [3.8, 4) is 22.3 Å². The van der Waals surface area contributed by atoms with Crippen molar-refractivity contribution in [3.05, 3.63) is 222 Å². The molecule has 0 aliphatic heterocycles. The minimum atomic E-state index is -0.0632. The van der Waals surface area contributed by atoms with Crippen molar-refractivity contribution in [2.24, 2.45) is 5.92 Å². The van der Waals surface area contributed by atoms with Gasteiger partial charge in [0.05, 0.1) is 0 Å². The molecule has 276 valence electrons. The molecule has 57 heavy (non-hydrogen) atoms. The molecule has 0 amide bonds. The summed E-state index contributed by atoms with van der Waals surface area (Å²) < 4.78 is 0. The first kappa shape index (κ1) is 35.0. The molecule has 0 N–H and O–H groups in total. The highest BCUT2D eigenvalue weighted by molar-refractivity contribution is 6.07. The van der Waals surface area contributed by atoms with Crippen molar-refractivity contribution in [2.75, 3.05) is 4.90 Å². The van der Waals surface area contributed by atoms with Crippen LogP contribution in [0.1, 0.15) is 67.3 Å². The Morgan fingerprint density at radius 3 is 1.93 bits per heavy atom. The third-order valence-corrected chi connectivity index (χ3v) is 12.5. The van der Waals surface area contributed by atoms with E-state index >= 15 is 0 Å². The monoisotopic (exact) mass is 733 g/mol. The van der Waals surface area contributed by atoms with Gasteiger partial charge in [-0.2, -0.15) is 0 Å². The molecule has 1 unspecified atom stereocenters. The zero-order chi connectivity index (χ0) is 38.5. The molecule has 7 aromatic carbocycles. The Balaban J connectivity index is 1.04. The van der Waals surface area contributed by atoms with E-state index in [0.717, 1.165) is 29.9 Å². The lowest BCUT2D eigenvalue weighted by atomic mass is 9.79. The molecular weight excluding hydrogens is 687 g/mol. The fourth-order valence-corrected chi connectivity index (χ4v) is 9.58. The van der Waals surface area contributed by atoms with Crippen molar-refractivity contribution in [1.29, 1.82) is 0 Å². The SMILES string of the molecule is C[C@H]1C=C(c2c3c(cc4ccccc24)C(C)(C)c2ccccc2-3)C=C(c2ccc(N(c3ccc(-c4ccccc4)cc3)c3ccc(C4C=CC=CC4)cc3)cc2)C1. The predicted octanol–water partition coefficient (Wildman–Crippen LogP) is 15.4. The third kappa shape index (κ3) is 6.28. The molecule has 3 aliphatic carbocycles. The molecule has 0 saturated heterocycles. The van der Waals surface area contributed by atoms with Gasteiger partial charge in [0.25, 0.3) is 0 Å². The van der Waals surface area contributed by atoms with E-state index in [9.17, 15) is 0 Å². The Labute approximate surface area is 337 Å². The number of rotatable bonds is 7. The Morgan fingerprint density at radius 1 is 0.579 bits per heavy atom. The van der Waals surface area contributed by atoms with Crippen LogP contribution in [0.25, 0.3) is 44.2 Å². The molecule has 2 atom stereocenters. The van der Waals surface area contributed by atoms with Crippen LogP contribution in [0.3, 0.4) is 0 Å². The van der Waals surface area contributed by atoms with E-state index in [1.54, 1.807) is 0 Å². The smallest absolute Gasteiger partial charge is 0.0462 e. The van der Waals surface area contributed by atoms with E-state index in [0.29, 0.717) is 11.8 Å². The minimum Gasteiger partial charge on any atom is -0.311 e. The largest absolute Gasteiger partial charge is 0.311 e. The summed E-state index contributed by atoms with van der Waals surface area (Å²) in [5.74, 6) is 0.829. The van der Waals surface area contributed by atoms with Crippen LogP contribution in [0.15, 0.2) is 194 Å². The average molecular weight is 734 g/mol. The summed E-state index contributed by atoms with van der Waals surface area (Å²) in [6, 6.07) is 58.5. The Bertz CT molecular complexity index is 2740. The first-order valence-corrected chi connectivity index (χ1v) is 20.5. The molecule has 7 aromatic rings. The third-order valence-electron chi connectivity index (χ3n) is 12.5. The summed E-state index contributed by atoms with van der Waals surface area (Å²) in [6.07, 6.45) is 15.9. The number of nitrogens with zero attached hydrogens (tertiary/aromatic N) is 1. The number of fused-ring (bicyclic) bond motifs is 4. The molecule has 3 aliphatic rings. The Hall–Kier alpha value is -6.44. The van der Waals surface area contributed by atoms with E-state index in [1.807, 2.05) is 0 Å². The molecule has 0 heterocycles. The highest BCUT2D eigenvalue weighted by Crippen LogP contribution is 2.54. The standard InChI is InChI=1S/C56H47N/c1-38-34-45(36-46(35-38)54-50-19-11-10-18-44(50)37-53-55(54)51-20-12-13-21-52(51)56(53,2)3)43-26-32-49(33-27-43)57(47-28-22-41(23-29-47)39-14-6-4-7-15-39)48-30-24-42(25-31-48)40-16-8-5-9-17-40/h4-16,18-33,35-38,40H,17,34H2,1-3H3/t38-,40?/m1/s1. The van der Waals surface area contributed by atoms with Crippen LogP contribution >= 0.6 is 0 Å². The second-order valence-electron chi connectivity index (χ2n) is 16.6. The van der Waals surface area contributed by atoms with Gasteiger partial charge in [0.1, 0.15) is 0 Å². The minimum absolute atomic E-state index is 0.0632. The van der Waals surface area contributed by atoms with Crippen molar-refractivity contribution in [1.82, 2.24) is 0 Å². The molecule has 1 heteroatoms. The summed E-state index contributed by atoms with van der Waals surface area (Å²) in [5.41, 5.74) is 18.1. The molecule has 0 bridgehead atoms. The van der Waals surface area contributed by atoms with Gasteiger partial charge in [-0.25, -0.2) is 0 Å². The number of anilines is 3. The normalized spacial score (nSPS) is 17.8. The van der Waals surface area contributed by atoms with E-state index in [1.165, 1.54) is 72.0 Å². The van der Waals surface area contributed by atoms with Crippen LogP contribution in [0.2, 0.25) is 0 Å². The fraction of sp³-hybridized carbons (Fsp3) is 0.143. The number of hydrogen-bond acceptors (Lipinski definition) is 1. The maximum atomic E-state index is 2.51. The molecule has 10 rings (SSSR count). The molecule has 0 saturated carbocycles. The van der Waals surface area contributed by atoms with Gasteiger partial charge in [-0.1, -0.05) is 172 Å². The maximum Gasteiger partial charge on any atom is 0.0462 e. The van der Waals surface area contributed by atoms with E-state index in [4.69, 9.17) is 0 Å². The van der Waals surface area contributed by atoms with E-state index in [-0.39, 0.29) is 5.41 Å². The van der Waals surface area contributed by atoms with Crippen LogP contribution in [0, 0.1) is 5.92 Å². The van der Waals surface area contributed by atoms with E-state index < -0.39 is 0 Å². The van der Waals surface area contributed by atoms with Crippen LogP contribution in [-0.4, -0.2) is 0 Å². The summed E-state index contributed by atoms with van der Waals surface area (Å²) in [6.45, 7) is 7.14. The lowest BCUT2D eigenvalue weighted by molar-refractivity contribution is 0.661. The molecule has 0 fully saturated rings. The van der Waals surface area contributed by atoms with Gasteiger partial charge in [-0.3, -0.25) is 0 Å². The van der Waals surface area contributed by atoms with Crippen molar-refractivity contribution in [3.63, 3.8) is 0 Å². The topological polar surface area (TPSA) is 3.24 Å². The summed E-state index contributed by atoms with van der Waals surface area (Å²) in [5, 5.41) is 2.63. The van der Waals surface area contributed by atoms with Crippen molar-refractivity contribution >= 4 is 39.0 Å². The second kappa shape index (κ2) is 14.3. The predicted molar refractivity (Wildman–Crippen MR) is 243 cm³/mol. The van der Waals surface area contributed by atoms with E-state index in [2.05, 4.69) is 220 Å². The van der Waals surface area contributed by atoms with Crippen LogP contribution in [0.5, 0.6) is 0 Å². The quantitative estimate of drug-likeness (QED) is 0.158. The van der Waals surface area contributed by atoms with Crippen LogP contribution in [0.4, 0.5) is 17.1 Å². The highest BCUT2D eigenvalue weighted by Gasteiger charge is 2.38. The molecule has 0 radical (unpaired) electrons. The fourth-order valence-electron chi connectivity index (χ4n) is 9.58. The number of allylic oxidation sites excluding steroid dienone is 8. The summed E-state index contributed by atoms with van der Waals surface area (Å²) >= 11 is 0.